The summed E-state index contributed by atoms with van der Waals surface area (Å²) in [6.45, 7) is 2.30. The third kappa shape index (κ3) is 2.02. The van der Waals surface area contributed by atoms with Gasteiger partial charge in [0.25, 0.3) is 0 Å². The Morgan fingerprint density at radius 2 is 1.21 bits per heavy atom. The monoisotopic (exact) mass is 450 g/mol. The van der Waals surface area contributed by atoms with E-state index >= 15 is 0 Å². The summed E-state index contributed by atoms with van der Waals surface area (Å²) < 4.78 is 2.80. The van der Waals surface area contributed by atoms with Crippen LogP contribution < -0.4 is 0 Å². The molecule has 0 aliphatic heterocycles. The molecule has 1 atom stereocenters. The summed E-state index contributed by atoms with van der Waals surface area (Å²) in [7, 11) is 0. The maximum Gasteiger partial charge on any atom is 0.0742 e. The fourth-order valence-corrected chi connectivity index (χ4v) is 8.15. The average molecular weight is 451 g/mol. The molecular weight excluding hydrogens is 428 g/mol. The lowest BCUT2D eigenvalue weighted by Gasteiger charge is -2.32. The standard InChI is InChI=1S/C33H22S/c1-2-20-10-9-14-24-21-11-3-6-15-27(21)33(30(20)24)28-16-7-4-12-22(28)25-18-19-26-23-13-5-8-17-29(23)34-32(26)31(25)33/h3-19H,2H2,1H3. The molecule has 1 unspecified atom stereocenters. The largest absolute Gasteiger partial charge is 0.135 e. The van der Waals surface area contributed by atoms with Crippen LogP contribution in [0.5, 0.6) is 0 Å². The lowest BCUT2D eigenvalue weighted by atomic mass is 9.69. The van der Waals surface area contributed by atoms with Crippen LogP contribution in [0.25, 0.3) is 42.4 Å². The highest BCUT2D eigenvalue weighted by Crippen LogP contribution is 2.65. The van der Waals surface area contributed by atoms with Gasteiger partial charge in [0.2, 0.25) is 0 Å². The molecule has 34 heavy (non-hydrogen) atoms. The molecule has 5 aromatic carbocycles. The lowest BCUT2D eigenvalue weighted by Crippen LogP contribution is -2.27. The molecule has 0 fully saturated rings. The van der Waals surface area contributed by atoms with Gasteiger partial charge in [-0.3, -0.25) is 0 Å². The van der Waals surface area contributed by atoms with Gasteiger partial charge in [0, 0.05) is 20.2 Å². The number of thiophene rings is 1. The van der Waals surface area contributed by atoms with E-state index in [1.54, 1.807) is 0 Å². The summed E-state index contributed by atoms with van der Waals surface area (Å²) in [5, 5.41) is 2.75. The van der Waals surface area contributed by atoms with Crippen LogP contribution in [0.3, 0.4) is 0 Å². The van der Waals surface area contributed by atoms with Gasteiger partial charge in [-0.15, -0.1) is 11.3 Å². The molecule has 6 aromatic rings. The minimum absolute atomic E-state index is 0.273. The molecule has 0 bridgehead atoms. The minimum Gasteiger partial charge on any atom is -0.135 e. The molecular formula is C33H22S. The SMILES string of the molecule is CCc1cccc2c1C1(c3ccccc3-2)c2ccccc2-c2ccc3c(sc4ccccc43)c21. The zero-order valence-electron chi connectivity index (χ0n) is 18.9. The van der Waals surface area contributed by atoms with Crippen molar-refractivity contribution in [1.82, 2.24) is 0 Å². The van der Waals surface area contributed by atoms with Crippen LogP contribution in [0.1, 0.15) is 34.7 Å². The quantitative estimate of drug-likeness (QED) is 0.234. The number of fused-ring (bicyclic) bond motifs is 14. The van der Waals surface area contributed by atoms with Crippen LogP contribution in [0, 0.1) is 0 Å². The van der Waals surface area contributed by atoms with E-state index in [1.807, 2.05) is 11.3 Å². The van der Waals surface area contributed by atoms with Gasteiger partial charge in [0.15, 0.2) is 0 Å². The normalized spacial score (nSPS) is 17.2. The fourth-order valence-electron chi connectivity index (χ4n) is 6.85. The summed E-state index contributed by atoms with van der Waals surface area (Å²) >= 11 is 1.96. The van der Waals surface area contributed by atoms with E-state index in [9.17, 15) is 0 Å². The third-order valence-corrected chi connectivity index (χ3v) is 9.28. The van der Waals surface area contributed by atoms with Crippen molar-refractivity contribution in [2.45, 2.75) is 18.8 Å². The van der Waals surface area contributed by atoms with E-state index in [4.69, 9.17) is 0 Å². The molecule has 0 radical (unpaired) electrons. The predicted octanol–water partition coefficient (Wildman–Crippen LogP) is 8.96. The molecule has 0 saturated heterocycles. The Bertz CT molecular complexity index is 1790. The molecule has 1 aromatic heterocycles. The van der Waals surface area contributed by atoms with Gasteiger partial charge < -0.3 is 0 Å². The first-order valence-electron chi connectivity index (χ1n) is 12.1. The van der Waals surface area contributed by atoms with Gasteiger partial charge in [-0.1, -0.05) is 104 Å². The van der Waals surface area contributed by atoms with Crippen molar-refractivity contribution in [2.24, 2.45) is 0 Å². The van der Waals surface area contributed by atoms with Crippen LogP contribution in [0.15, 0.2) is 103 Å². The van der Waals surface area contributed by atoms with Gasteiger partial charge >= 0.3 is 0 Å². The topological polar surface area (TPSA) is 0 Å². The van der Waals surface area contributed by atoms with Crippen LogP contribution >= 0.6 is 11.3 Å². The van der Waals surface area contributed by atoms with Gasteiger partial charge in [0.05, 0.1) is 5.41 Å². The van der Waals surface area contributed by atoms with Gasteiger partial charge in [-0.2, -0.15) is 0 Å². The second-order valence-electron chi connectivity index (χ2n) is 9.50. The molecule has 0 nitrogen and oxygen atoms in total. The molecule has 2 aliphatic carbocycles. The second kappa shape index (κ2) is 6.46. The zero-order chi connectivity index (χ0) is 22.4. The van der Waals surface area contributed by atoms with Crippen molar-refractivity contribution in [3.63, 3.8) is 0 Å². The molecule has 160 valence electrons. The average Bonchev–Trinajstić information content (AvgIpc) is 3.52. The molecule has 0 N–H and O–H groups in total. The number of benzene rings is 5. The number of aryl methyl sites for hydroxylation is 1. The van der Waals surface area contributed by atoms with E-state index in [0.29, 0.717) is 0 Å². The molecule has 1 heteroatoms. The number of hydrogen-bond donors (Lipinski definition) is 0. The van der Waals surface area contributed by atoms with E-state index in [-0.39, 0.29) is 5.41 Å². The zero-order valence-corrected chi connectivity index (χ0v) is 19.7. The molecule has 2 aliphatic rings. The number of hydrogen-bond acceptors (Lipinski definition) is 1. The van der Waals surface area contributed by atoms with Gasteiger partial charge in [-0.25, -0.2) is 0 Å². The first-order chi connectivity index (χ1) is 16.8. The van der Waals surface area contributed by atoms with Crippen molar-refractivity contribution in [2.75, 3.05) is 0 Å². The number of rotatable bonds is 1. The minimum atomic E-state index is -0.273. The summed E-state index contributed by atoms with van der Waals surface area (Å²) in [5.41, 5.74) is 12.6. The van der Waals surface area contributed by atoms with Crippen molar-refractivity contribution < 1.29 is 0 Å². The van der Waals surface area contributed by atoms with E-state index in [1.165, 1.54) is 70.2 Å². The Labute approximate surface area is 203 Å². The van der Waals surface area contributed by atoms with Crippen molar-refractivity contribution in [3.05, 3.63) is 131 Å². The lowest BCUT2D eigenvalue weighted by molar-refractivity contribution is 0.787. The van der Waals surface area contributed by atoms with Crippen LogP contribution in [-0.2, 0) is 11.8 Å². The fraction of sp³-hybridized carbons (Fsp3) is 0.0909. The van der Waals surface area contributed by atoms with E-state index in [0.717, 1.165) is 6.42 Å². The highest BCUT2D eigenvalue weighted by molar-refractivity contribution is 7.26. The molecule has 0 amide bonds. The smallest absolute Gasteiger partial charge is 0.0742 e. The van der Waals surface area contributed by atoms with Crippen LogP contribution in [0.4, 0.5) is 0 Å². The Morgan fingerprint density at radius 1 is 0.559 bits per heavy atom. The van der Waals surface area contributed by atoms with Crippen molar-refractivity contribution in [1.29, 1.82) is 0 Å². The van der Waals surface area contributed by atoms with Gasteiger partial charge in [-0.05, 0) is 62.6 Å². The summed E-state index contributed by atoms with van der Waals surface area (Å²) in [6.07, 6.45) is 1.03. The van der Waals surface area contributed by atoms with Gasteiger partial charge in [0.1, 0.15) is 0 Å². The maximum atomic E-state index is 2.39. The summed E-state index contributed by atoms with van der Waals surface area (Å²) in [5.74, 6) is 0. The Kier molecular flexibility index (Phi) is 3.56. The van der Waals surface area contributed by atoms with Crippen LogP contribution in [0.2, 0.25) is 0 Å². The van der Waals surface area contributed by atoms with Crippen molar-refractivity contribution in [3.8, 4) is 22.3 Å². The first-order valence-corrected chi connectivity index (χ1v) is 12.9. The molecule has 1 spiro atoms. The maximum absolute atomic E-state index is 2.39. The third-order valence-electron chi connectivity index (χ3n) is 8.07. The first kappa shape index (κ1) is 18.7. The molecule has 1 heterocycles. The predicted molar refractivity (Wildman–Crippen MR) is 145 cm³/mol. The van der Waals surface area contributed by atoms with Crippen molar-refractivity contribution >= 4 is 31.5 Å². The summed E-state index contributed by atoms with van der Waals surface area (Å²) in [4.78, 5) is 0. The summed E-state index contributed by atoms with van der Waals surface area (Å²) in [6, 6.07) is 38.8. The Morgan fingerprint density at radius 3 is 1.97 bits per heavy atom. The van der Waals surface area contributed by atoms with E-state index in [2.05, 4.69) is 110 Å². The molecule has 8 rings (SSSR count). The molecule has 0 saturated carbocycles. The van der Waals surface area contributed by atoms with E-state index < -0.39 is 0 Å². The Balaban J connectivity index is 1.67. The highest BCUT2D eigenvalue weighted by Gasteiger charge is 2.53. The second-order valence-corrected chi connectivity index (χ2v) is 10.5. The highest BCUT2D eigenvalue weighted by atomic mass is 32.1. The Hall–Kier alpha value is -3.68. The van der Waals surface area contributed by atoms with Crippen LogP contribution in [-0.4, -0.2) is 0 Å².